The second-order valence-electron chi connectivity index (χ2n) is 5.63. The topological polar surface area (TPSA) is 81.9 Å². The molecule has 116 valence electrons. The van der Waals surface area contributed by atoms with Gasteiger partial charge in [0.15, 0.2) is 5.82 Å². The van der Waals surface area contributed by atoms with Gasteiger partial charge in [-0.2, -0.15) is 10.4 Å². The van der Waals surface area contributed by atoms with Crippen molar-refractivity contribution < 1.29 is 4.79 Å². The molecule has 0 fully saturated rings. The first-order chi connectivity index (χ1) is 11.0. The molecule has 23 heavy (non-hydrogen) atoms. The summed E-state index contributed by atoms with van der Waals surface area (Å²) in [5.74, 6) is 0.508. The van der Waals surface area contributed by atoms with Gasteiger partial charge in [-0.25, -0.2) is 0 Å². The average Bonchev–Trinajstić information content (AvgIpc) is 2.94. The SMILES string of the molecule is CC(=O)N1CCc2cc(Nc3nnc(C)c(C)c3C#N)ccc21. The number of anilines is 3. The molecule has 0 aliphatic carbocycles. The highest BCUT2D eigenvalue weighted by molar-refractivity contribution is 5.94. The number of rotatable bonds is 2. The van der Waals surface area contributed by atoms with E-state index in [1.807, 2.05) is 32.0 Å². The van der Waals surface area contributed by atoms with E-state index in [9.17, 15) is 10.1 Å². The molecule has 1 N–H and O–H groups in total. The lowest BCUT2D eigenvalue weighted by atomic mass is 10.1. The first-order valence-electron chi connectivity index (χ1n) is 7.43. The van der Waals surface area contributed by atoms with Crippen molar-refractivity contribution in [2.45, 2.75) is 27.2 Å². The van der Waals surface area contributed by atoms with Crippen LogP contribution in [0.3, 0.4) is 0 Å². The number of nitriles is 1. The summed E-state index contributed by atoms with van der Waals surface area (Å²) in [6, 6.07) is 7.99. The molecule has 0 saturated carbocycles. The van der Waals surface area contributed by atoms with E-state index in [1.54, 1.807) is 11.8 Å². The van der Waals surface area contributed by atoms with Gasteiger partial charge in [0.2, 0.25) is 5.91 Å². The van der Waals surface area contributed by atoms with Crippen LogP contribution in [0.15, 0.2) is 18.2 Å². The molecule has 0 saturated heterocycles. The molecule has 2 aromatic rings. The monoisotopic (exact) mass is 307 g/mol. The van der Waals surface area contributed by atoms with Gasteiger partial charge in [0.1, 0.15) is 11.6 Å². The van der Waals surface area contributed by atoms with E-state index >= 15 is 0 Å². The zero-order valence-electron chi connectivity index (χ0n) is 13.3. The highest BCUT2D eigenvalue weighted by Gasteiger charge is 2.22. The maximum Gasteiger partial charge on any atom is 0.223 e. The Morgan fingerprint density at radius 1 is 1.35 bits per heavy atom. The molecular weight excluding hydrogens is 290 g/mol. The number of amides is 1. The van der Waals surface area contributed by atoms with Crippen LogP contribution in [-0.4, -0.2) is 22.6 Å². The van der Waals surface area contributed by atoms with Crippen molar-refractivity contribution in [2.24, 2.45) is 0 Å². The van der Waals surface area contributed by atoms with Crippen LogP contribution in [0.5, 0.6) is 0 Å². The largest absolute Gasteiger partial charge is 0.338 e. The van der Waals surface area contributed by atoms with E-state index in [2.05, 4.69) is 21.6 Å². The Morgan fingerprint density at radius 3 is 2.83 bits per heavy atom. The summed E-state index contributed by atoms with van der Waals surface area (Å²) in [6.45, 7) is 5.98. The highest BCUT2D eigenvalue weighted by atomic mass is 16.2. The summed E-state index contributed by atoms with van der Waals surface area (Å²) >= 11 is 0. The number of nitrogens with one attached hydrogen (secondary N) is 1. The Kier molecular flexibility index (Phi) is 3.70. The van der Waals surface area contributed by atoms with Crippen LogP contribution in [0.4, 0.5) is 17.2 Å². The van der Waals surface area contributed by atoms with Gasteiger partial charge < -0.3 is 10.2 Å². The molecule has 6 nitrogen and oxygen atoms in total. The van der Waals surface area contributed by atoms with E-state index in [-0.39, 0.29) is 5.91 Å². The number of carbonyl (C=O) groups is 1. The maximum atomic E-state index is 11.6. The molecule has 2 heterocycles. The molecule has 1 aromatic heterocycles. The Labute approximate surface area is 134 Å². The van der Waals surface area contributed by atoms with Gasteiger partial charge in [-0.15, -0.1) is 5.10 Å². The van der Waals surface area contributed by atoms with Crippen LogP contribution in [-0.2, 0) is 11.2 Å². The molecule has 0 spiro atoms. The number of fused-ring (bicyclic) bond motifs is 1. The molecular formula is C17H17N5O. The number of hydrogen-bond acceptors (Lipinski definition) is 5. The fraction of sp³-hybridized carbons (Fsp3) is 0.294. The minimum absolute atomic E-state index is 0.0521. The van der Waals surface area contributed by atoms with E-state index in [0.717, 1.165) is 34.6 Å². The van der Waals surface area contributed by atoms with Crippen molar-refractivity contribution in [3.05, 3.63) is 40.6 Å². The quantitative estimate of drug-likeness (QED) is 0.922. The molecule has 0 bridgehead atoms. The predicted molar refractivity (Wildman–Crippen MR) is 87.7 cm³/mol. The summed E-state index contributed by atoms with van der Waals surface area (Å²) in [4.78, 5) is 13.4. The van der Waals surface area contributed by atoms with Crippen LogP contribution in [0.1, 0.15) is 29.3 Å². The molecule has 1 aliphatic heterocycles. The fourth-order valence-electron chi connectivity index (χ4n) is 2.78. The highest BCUT2D eigenvalue weighted by Crippen LogP contribution is 2.31. The average molecular weight is 307 g/mol. The Balaban J connectivity index is 1.93. The first-order valence-corrected chi connectivity index (χ1v) is 7.43. The first kappa shape index (κ1) is 15.0. The van der Waals surface area contributed by atoms with Gasteiger partial charge >= 0.3 is 0 Å². The van der Waals surface area contributed by atoms with Crippen molar-refractivity contribution in [1.82, 2.24) is 10.2 Å². The number of nitrogens with zero attached hydrogens (tertiary/aromatic N) is 4. The van der Waals surface area contributed by atoms with E-state index in [0.29, 0.717) is 17.9 Å². The molecule has 0 atom stereocenters. The second kappa shape index (κ2) is 5.69. The van der Waals surface area contributed by atoms with Crippen molar-refractivity contribution in [1.29, 1.82) is 5.26 Å². The van der Waals surface area contributed by atoms with Crippen LogP contribution >= 0.6 is 0 Å². The minimum atomic E-state index is 0.0521. The van der Waals surface area contributed by atoms with Crippen LogP contribution in [0, 0.1) is 25.2 Å². The summed E-state index contributed by atoms with van der Waals surface area (Å²) in [6.07, 6.45) is 0.828. The van der Waals surface area contributed by atoms with Crippen LogP contribution in [0.2, 0.25) is 0 Å². The summed E-state index contributed by atoms with van der Waals surface area (Å²) in [5, 5.41) is 20.7. The van der Waals surface area contributed by atoms with Crippen LogP contribution in [0.25, 0.3) is 0 Å². The normalized spacial score (nSPS) is 12.7. The molecule has 0 unspecified atom stereocenters. The van der Waals surface area contributed by atoms with Crippen molar-refractivity contribution >= 4 is 23.1 Å². The molecule has 1 aromatic carbocycles. The second-order valence-corrected chi connectivity index (χ2v) is 5.63. The number of aromatic nitrogens is 2. The van der Waals surface area contributed by atoms with Crippen molar-refractivity contribution in [3.8, 4) is 6.07 Å². The summed E-state index contributed by atoms with van der Waals surface area (Å²) in [7, 11) is 0. The van der Waals surface area contributed by atoms with E-state index in [4.69, 9.17) is 0 Å². The third-order valence-corrected chi connectivity index (χ3v) is 4.18. The lowest BCUT2D eigenvalue weighted by molar-refractivity contribution is -0.116. The Hall–Kier alpha value is -2.94. The van der Waals surface area contributed by atoms with Gasteiger partial charge in [0.25, 0.3) is 0 Å². The zero-order valence-corrected chi connectivity index (χ0v) is 13.3. The molecule has 1 amide bonds. The zero-order chi connectivity index (χ0) is 16.6. The van der Waals surface area contributed by atoms with Crippen molar-refractivity contribution in [2.75, 3.05) is 16.8 Å². The van der Waals surface area contributed by atoms with Gasteiger partial charge in [-0.05, 0) is 49.6 Å². The molecule has 6 heteroatoms. The van der Waals surface area contributed by atoms with Gasteiger partial charge in [-0.1, -0.05) is 0 Å². The third-order valence-electron chi connectivity index (χ3n) is 4.18. The van der Waals surface area contributed by atoms with Gasteiger partial charge in [0.05, 0.1) is 5.69 Å². The Bertz CT molecular complexity index is 838. The lowest BCUT2D eigenvalue weighted by Gasteiger charge is -2.15. The smallest absolute Gasteiger partial charge is 0.223 e. The standard InChI is InChI=1S/C17H17N5O/c1-10-11(2)20-21-17(15(10)9-18)19-14-4-5-16-13(8-14)6-7-22(16)12(3)23/h4-5,8H,6-7H2,1-3H3,(H,19,21). The molecule has 0 radical (unpaired) electrons. The summed E-state index contributed by atoms with van der Waals surface area (Å²) in [5.41, 5.74) is 4.98. The number of hydrogen-bond donors (Lipinski definition) is 1. The molecule has 3 rings (SSSR count). The predicted octanol–water partition coefficient (Wildman–Crippen LogP) is 2.62. The Morgan fingerprint density at radius 2 is 2.13 bits per heavy atom. The lowest BCUT2D eigenvalue weighted by Crippen LogP contribution is -2.25. The van der Waals surface area contributed by atoms with E-state index < -0.39 is 0 Å². The van der Waals surface area contributed by atoms with Gasteiger partial charge in [0, 0.05) is 24.8 Å². The number of aryl methyl sites for hydroxylation is 1. The number of benzene rings is 1. The third kappa shape index (κ3) is 2.61. The molecule has 1 aliphatic rings. The number of carbonyl (C=O) groups excluding carboxylic acids is 1. The van der Waals surface area contributed by atoms with Gasteiger partial charge in [-0.3, -0.25) is 4.79 Å². The fourth-order valence-corrected chi connectivity index (χ4v) is 2.78. The van der Waals surface area contributed by atoms with Crippen LogP contribution < -0.4 is 10.2 Å². The van der Waals surface area contributed by atoms with E-state index in [1.165, 1.54) is 0 Å². The maximum absolute atomic E-state index is 11.6. The van der Waals surface area contributed by atoms with Crippen molar-refractivity contribution in [3.63, 3.8) is 0 Å². The minimum Gasteiger partial charge on any atom is -0.338 e. The summed E-state index contributed by atoms with van der Waals surface area (Å²) < 4.78 is 0.